The number of morpholine rings is 1. The molecule has 1 fully saturated rings. The second-order valence-corrected chi connectivity index (χ2v) is 8.52. The third-order valence-corrected chi connectivity index (χ3v) is 4.67. The van der Waals surface area contributed by atoms with Crippen LogP contribution in [-0.4, -0.2) is 70.3 Å². The lowest BCUT2D eigenvalue weighted by atomic mass is 10.0. The summed E-state index contributed by atoms with van der Waals surface area (Å²) in [6.07, 6.45) is 2.41. The highest BCUT2D eigenvalue weighted by Gasteiger charge is 2.22. The highest BCUT2D eigenvalue weighted by molar-refractivity contribution is 7.90. The molecule has 0 aromatic carbocycles. The van der Waals surface area contributed by atoms with Crippen LogP contribution in [0, 0.1) is 5.92 Å². The van der Waals surface area contributed by atoms with Gasteiger partial charge in [-0.2, -0.15) is 0 Å². The minimum Gasteiger partial charge on any atom is -0.379 e. The fourth-order valence-electron chi connectivity index (χ4n) is 2.70. The molecule has 1 saturated heterocycles. The molecule has 0 radical (unpaired) electrons. The Balaban J connectivity index is 2.47. The Hall–Kier alpha value is -0.170. The Labute approximate surface area is 124 Å². The van der Waals surface area contributed by atoms with Crippen LogP contribution in [0.2, 0.25) is 0 Å². The molecule has 5 nitrogen and oxygen atoms in total. The second kappa shape index (κ2) is 8.32. The lowest BCUT2D eigenvalue weighted by molar-refractivity contribution is 0.0120. The molecule has 0 aliphatic carbocycles. The van der Waals surface area contributed by atoms with E-state index < -0.39 is 9.84 Å². The van der Waals surface area contributed by atoms with E-state index in [4.69, 9.17) is 4.74 Å². The molecule has 0 bridgehead atoms. The van der Waals surface area contributed by atoms with Crippen LogP contribution in [0.5, 0.6) is 0 Å². The minimum absolute atomic E-state index is 0.000651. The van der Waals surface area contributed by atoms with Gasteiger partial charge in [-0.1, -0.05) is 13.8 Å². The molecule has 0 saturated carbocycles. The summed E-state index contributed by atoms with van der Waals surface area (Å²) in [6.45, 7) is 10.8. The summed E-state index contributed by atoms with van der Waals surface area (Å²) >= 11 is 0. The van der Waals surface area contributed by atoms with E-state index in [1.807, 2.05) is 6.92 Å². The van der Waals surface area contributed by atoms with Crippen LogP contribution in [0.25, 0.3) is 0 Å². The number of rotatable bonds is 8. The largest absolute Gasteiger partial charge is 0.379 e. The Kier molecular flexibility index (Phi) is 7.43. The molecule has 6 heteroatoms. The first-order valence-electron chi connectivity index (χ1n) is 7.51. The lowest BCUT2D eigenvalue weighted by Crippen LogP contribution is -2.50. The summed E-state index contributed by atoms with van der Waals surface area (Å²) in [7, 11) is -2.92. The number of nitrogens with zero attached hydrogens (tertiary/aromatic N) is 1. The van der Waals surface area contributed by atoms with Crippen molar-refractivity contribution in [1.29, 1.82) is 0 Å². The SMILES string of the molecule is CC(C)CC(CNC(C)CS(C)(=O)=O)N1CCOCC1. The molecule has 0 spiro atoms. The Bertz CT molecular complexity index is 365. The maximum Gasteiger partial charge on any atom is 0.148 e. The van der Waals surface area contributed by atoms with E-state index in [1.54, 1.807) is 0 Å². The number of sulfone groups is 1. The first kappa shape index (κ1) is 17.9. The van der Waals surface area contributed by atoms with Crippen molar-refractivity contribution in [1.82, 2.24) is 10.2 Å². The van der Waals surface area contributed by atoms with Gasteiger partial charge in [0.2, 0.25) is 0 Å². The van der Waals surface area contributed by atoms with Gasteiger partial charge < -0.3 is 10.1 Å². The highest BCUT2D eigenvalue weighted by Crippen LogP contribution is 2.13. The third-order valence-electron chi connectivity index (χ3n) is 3.56. The van der Waals surface area contributed by atoms with E-state index in [0.717, 1.165) is 39.3 Å². The molecule has 2 unspecified atom stereocenters. The van der Waals surface area contributed by atoms with E-state index >= 15 is 0 Å². The maximum atomic E-state index is 11.3. The van der Waals surface area contributed by atoms with Gasteiger partial charge in [0.25, 0.3) is 0 Å². The van der Waals surface area contributed by atoms with Crippen LogP contribution in [-0.2, 0) is 14.6 Å². The fourth-order valence-corrected chi connectivity index (χ4v) is 3.72. The van der Waals surface area contributed by atoms with E-state index in [1.165, 1.54) is 6.26 Å². The second-order valence-electron chi connectivity index (χ2n) is 6.33. The molecule has 120 valence electrons. The van der Waals surface area contributed by atoms with Crippen LogP contribution in [0.1, 0.15) is 27.2 Å². The molecule has 1 rings (SSSR count). The predicted octanol–water partition coefficient (Wildman–Crippen LogP) is 0.756. The van der Waals surface area contributed by atoms with Crippen molar-refractivity contribution in [3.63, 3.8) is 0 Å². The van der Waals surface area contributed by atoms with Crippen molar-refractivity contribution >= 4 is 9.84 Å². The van der Waals surface area contributed by atoms with E-state index in [2.05, 4.69) is 24.1 Å². The molecular formula is C14H30N2O3S. The fraction of sp³-hybridized carbons (Fsp3) is 1.00. The molecule has 0 aromatic rings. The van der Waals surface area contributed by atoms with Crippen molar-refractivity contribution in [3.05, 3.63) is 0 Å². The molecular weight excluding hydrogens is 276 g/mol. The van der Waals surface area contributed by atoms with Gasteiger partial charge in [-0.15, -0.1) is 0 Å². The smallest absolute Gasteiger partial charge is 0.148 e. The Morgan fingerprint density at radius 2 is 1.80 bits per heavy atom. The third kappa shape index (κ3) is 7.57. The summed E-state index contributed by atoms with van der Waals surface area (Å²) in [5.41, 5.74) is 0. The molecule has 1 aliphatic rings. The quantitative estimate of drug-likeness (QED) is 0.717. The van der Waals surface area contributed by atoms with Crippen molar-refractivity contribution < 1.29 is 13.2 Å². The number of hydrogen-bond donors (Lipinski definition) is 1. The van der Waals surface area contributed by atoms with Crippen LogP contribution >= 0.6 is 0 Å². The molecule has 1 aliphatic heterocycles. The van der Waals surface area contributed by atoms with Gasteiger partial charge in [0.1, 0.15) is 9.84 Å². The predicted molar refractivity (Wildman–Crippen MR) is 82.8 cm³/mol. The molecule has 0 amide bonds. The van der Waals surface area contributed by atoms with Crippen molar-refractivity contribution in [2.75, 3.05) is 44.9 Å². The monoisotopic (exact) mass is 306 g/mol. The first-order chi connectivity index (χ1) is 9.28. The zero-order chi connectivity index (χ0) is 15.2. The summed E-state index contributed by atoms with van der Waals surface area (Å²) in [5, 5.41) is 3.38. The maximum absolute atomic E-state index is 11.3. The first-order valence-corrected chi connectivity index (χ1v) is 9.57. The van der Waals surface area contributed by atoms with Crippen molar-refractivity contribution in [2.24, 2.45) is 5.92 Å². The van der Waals surface area contributed by atoms with Gasteiger partial charge in [-0.05, 0) is 19.3 Å². The number of hydrogen-bond acceptors (Lipinski definition) is 5. The van der Waals surface area contributed by atoms with Gasteiger partial charge >= 0.3 is 0 Å². The van der Waals surface area contributed by atoms with E-state index in [-0.39, 0.29) is 11.8 Å². The molecule has 1 heterocycles. The normalized spacial score (nSPS) is 21.1. The zero-order valence-corrected chi connectivity index (χ0v) is 14.1. The molecule has 1 N–H and O–H groups in total. The van der Waals surface area contributed by atoms with Crippen molar-refractivity contribution in [3.8, 4) is 0 Å². The van der Waals surface area contributed by atoms with Gasteiger partial charge in [-0.25, -0.2) is 8.42 Å². The number of nitrogens with one attached hydrogen (secondary N) is 1. The molecule has 0 aromatic heterocycles. The minimum atomic E-state index is -2.92. The van der Waals surface area contributed by atoms with Crippen LogP contribution < -0.4 is 5.32 Å². The van der Waals surface area contributed by atoms with E-state index in [0.29, 0.717) is 12.0 Å². The van der Waals surface area contributed by atoms with Gasteiger partial charge in [0, 0.05) is 38.0 Å². The van der Waals surface area contributed by atoms with Crippen molar-refractivity contribution in [2.45, 2.75) is 39.3 Å². The van der Waals surface area contributed by atoms with Gasteiger partial charge in [0.15, 0.2) is 0 Å². The van der Waals surface area contributed by atoms with Crippen LogP contribution in [0.4, 0.5) is 0 Å². The average Bonchev–Trinajstić information content (AvgIpc) is 2.33. The Morgan fingerprint density at radius 3 is 2.30 bits per heavy atom. The highest BCUT2D eigenvalue weighted by atomic mass is 32.2. The standard InChI is InChI=1S/C14H30N2O3S/c1-12(2)9-14(16-5-7-19-8-6-16)10-15-13(3)11-20(4,17)18/h12-15H,5-11H2,1-4H3. The summed E-state index contributed by atoms with van der Waals surface area (Å²) in [4.78, 5) is 2.46. The number of ether oxygens (including phenoxy) is 1. The Morgan fingerprint density at radius 1 is 1.20 bits per heavy atom. The van der Waals surface area contributed by atoms with Crippen LogP contribution in [0.15, 0.2) is 0 Å². The summed E-state index contributed by atoms with van der Waals surface area (Å²) < 4.78 is 28.0. The van der Waals surface area contributed by atoms with Gasteiger partial charge in [0.05, 0.1) is 19.0 Å². The molecule has 20 heavy (non-hydrogen) atoms. The van der Waals surface area contributed by atoms with Crippen LogP contribution in [0.3, 0.4) is 0 Å². The molecule has 2 atom stereocenters. The summed E-state index contributed by atoms with van der Waals surface area (Å²) in [5.74, 6) is 0.833. The summed E-state index contributed by atoms with van der Waals surface area (Å²) in [6, 6.07) is 0.460. The van der Waals surface area contributed by atoms with Gasteiger partial charge in [-0.3, -0.25) is 4.90 Å². The topological polar surface area (TPSA) is 58.6 Å². The lowest BCUT2D eigenvalue weighted by Gasteiger charge is -2.36. The zero-order valence-electron chi connectivity index (χ0n) is 13.3. The average molecular weight is 306 g/mol. The van der Waals surface area contributed by atoms with E-state index in [9.17, 15) is 8.42 Å².